The Morgan fingerprint density at radius 1 is 1.35 bits per heavy atom. The molecule has 1 aliphatic heterocycles. The molecule has 0 radical (unpaired) electrons. The number of alkyl halides is 3. The van der Waals surface area contributed by atoms with Crippen LogP contribution in [0.2, 0.25) is 0 Å². The van der Waals surface area contributed by atoms with Crippen molar-refractivity contribution < 1.29 is 18.0 Å². The molecule has 1 N–H and O–H groups in total. The maximum atomic E-state index is 13.3. The van der Waals surface area contributed by atoms with Gasteiger partial charge in [0.1, 0.15) is 0 Å². The number of hydrogen-bond acceptors (Lipinski definition) is 1. The van der Waals surface area contributed by atoms with Gasteiger partial charge < -0.3 is 9.88 Å². The van der Waals surface area contributed by atoms with E-state index in [-0.39, 0.29) is 12.2 Å². The van der Waals surface area contributed by atoms with E-state index >= 15 is 0 Å². The highest BCUT2D eigenvalue weighted by Gasteiger charge is 2.49. The quantitative estimate of drug-likeness (QED) is 0.791. The van der Waals surface area contributed by atoms with E-state index in [2.05, 4.69) is 4.98 Å². The molecule has 0 aliphatic carbocycles. The fourth-order valence-electron chi connectivity index (χ4n) is 2.92. The molecule has 0 saturated heterocycles. The number of hydrogen-bond donors (Lipinski definition) is 1. The van der Waals surface area contributed by atoms with Crippen LogP contribution < -0.4 is 0 Å². The maximum Gasteiger partial charge on any atom is 0.414 e. The Labute approximate surface area is 113 Å². The fraction of sp³-hybridized carbons (Fsp3) is 0.357. The van der Waals surface area contributed by atoms with E-state index in [9.17, 15) is 18.0 Å². The van der Waals surface area contributed by atoms with E-state index in [1.165, 1.54) is 6.92 Å². The van der Waals surface area contributed by atoms with Crippen molar-refractivity contribution in [1.82, 2.24) is 9.88 Å². The number of rotatable bonds is 0. The summed E-state index contributed by atoms with van der Waals surface area (Å²) >= 11 is 0. The Morgan fingerprint density at radius 3 is 2.70 bits per heavy atom. The average Bonchev–Trinajstić information content (AvgIpc) is 2.74. The molecule has 1 amide bonds. The fourth-order valence-corrected chi connectivity index (χ4v) is 2.92. The monoisotopic (exact) mass is 282 g/mol. The molecule has 0 spiro atoms. The van der Waals surface area contributed by atoms with Gasteiger partial charge in [0.15, 0.2) is 6.04 Å². The number of H-pyrrole nitrogens is 1. The van der Waals surface area contributed by atoms with Gasteiger partial charge in [-0.25, -0.2) is 0 Å². The summed E-state index contributed by atoms with van der Waals surface area (Å²) in [7, 11) is 0. The second-order valence-electron chi connectivity index (χ2n) is 4.97. The second kappa shape index (κ2) is 4.26. The minimum Gasteiger partial charge on any atom is -0.356 e. The third kappa shape index (κ3) is 1.87. The second-order valence-corrected chi connectivity index (χ2v) is 4.97. The van der Waals surface area contributed by atoms with Crippen LogP contribution in [0.4, 0.5) is 13.2 Å². The molecular weight excluding hydrogens is 269 g/mol. The number of carbonyl (C=O) groups excluding carboxylic acids is 1. The molecule has 1 unspecified atom stereocenters. The van der Waals surface area contributed by atoms with Gasteiger partial charge in [0, 0.05) is 24.4 Å². The number of halogens is 3. The standard InChI is InChI=1S/C14H13F3N2O/c1-8(20)19-7-6-10-9-4-2-3-5-11(9)18-12(10)13(19)14(15,16)17/h2-5,13,18H,6-7H2,1H3. The Morgan fingerprint density at radius 2 is 2.05 bits per heavy atom. The number of aromatic nitrogens is 1. The highest BCUT2D eigenvalue weighted by Crippen LogP contribution is 2.43. The van der Waals surface area contributed by atoms with Gasteiger partial charge in [-0.1, -0.05) is 18.2 Å². The lowest BCUT2D eigenvalue weighted by Gasteiger charge is -2.36. The predicted octanol–water partition coefficient (Wildman–Crippen LogP) is 3.18. The topological polar surface area (TPSA) is 36.1 Å². The van der Waals surface area contributed by atoms with Crippen molar-refractivity contribution in [2.45, 2.75) is 25.6 Å². The summed E-state index contributed by atoms with van der Waals surface area (Å²) in [6.07, 6.45) is -4.05. The first kappa shape index (κ1) is 13.0. The van der Waals surface area contributed by atoms with E-state index in [0.29, 0.717) is 17.5 Å². The van der Waals surface area contributed by atoms with Crippen molar-refractivity contribution >= 4 is 16.8 Å². The third-order valence-electron chi connectivity index (χ3n) is 3.75. The number of nitrogens with one attached hydrogen (secondary N) is 1. The van der Waals surface area contributed by atoms with E-state index in [1.54, 1.807) is 18.2 Å². The molecule has 1 aromatic heterocycles. The average molecular weight is 282 g/mol. The van der Waals surface area contributed by atoms with Crippen molar-refractivity contribution in [3.8, 4) is 0 Å². The summed E-state index contributed by atoms with van der Waals surface area (Å²) in [5.74, 6) is -0.559. The Balaban J connectivity index is 2.22. The maximum absolute atomic E-state index is 13.3. The number of para-hydroxylation sites is 1. The van der Waals surface area contributed by atoms with Crippen LogP contribution in [0.1, 0.15) is 24.2 Å². The molecule has 2 heterocycles. The van der Waals surface area contributed by atoms with Gasteiger partial charge in [-0.2, -0.15) is 13.2 Å². The molecule has 1 atom stereocenters. The summed E-state index contributed by atoms with van der Waals surface area (Å²) in [5, 5.41) is 0.806. The molecule has 3 rings (SSSR count). The lowest BCUT2D eigenvalue weighted by molar-refractivity contribution is -0.194. The number of benzene rings is 1. The smallest absolute Gasteiger partial charge is 0.356 e. The molecule has 1 aliphatic rings. The normalized spacial score (nSPS) is 19.2. The van der Waals surface area contributed by atoms with E-state index in [0.717, 1.165) is 10.3 Å². The first-order valence-corrected chi connectivity index (χ1v) is 6.33. The van der Waals surface area contributed by atoms with Crippen LogP contribution in [0, 0.1) is 0 Å². The lowest BCUT2D eigenvalue weighted by Crippen LogP contribution is -2.45. The lowest BCUT2D eigenvalue weighted by atomic mass is 9.97. The Kier molecular flexibility index (Phi) is 2.77. The highest BCUT2D eigenvalue weighted by atomic mass is 19.4. The van der Waals surface area contributed by atoms with Crippen molar-refractivity contribution in [2.75, 3.05) is 6.54 Å². The Bertz CT molecular complexity index is 675. The van der Waals surface area contributed by atoms with Gasteiger partial charge in [0.25, 0.3) is 0 Å². The van der Waals surface area contributed by atoms with Gasteiger partial charge >= 0.3 is 6.18 Å². The number of amides is 1. The van der Waals surface area contributed by atoms with E-state index in [1.807, 2.05) is 6.07 Å². The SMILES string of the molecule is CC(=O)N1CCc2c([nH]c3ccccc23)C1C(F)(F)F. The van der Waals surface area contributed by atoms with Crippen molar-refractivity contribution in [3.05, 3.63) is 35.5 Å². The summed E-state index contributed by atoms with van der Waals surface area (Å²) < 4.78 is 40.0. The molecule has 20 heavy (non-hydrogen) atoms. The van der Waals surface area contributed by atoms with Crippen LogP contribution in [0.15, 0.2) is 24.3 Å². The van der Waals surface area contributed by atoms with Gasteiger partial charge in [0.2, 0.25) is 5.91 Å². The van der Waals surface area contributed by atoms with Gasteiger partial charge in [-0.15, -0.1) is 0 Å². The van der Waals surface area contributed by atoms with Crippen LogP contribution in [0.25, 0.3) is 10.9 Å². The van der Waals surface area contributed by atoms with E-state index < -0.39 is 18.1 Å². The highest BCUT2D eigenvalue weighted by molar-refractivity contribution is 5.86. The van der Waals surface area contributed by atoms with Gasteiger partial charge in [-0.3, -0.25) is 4.79 Å². The molecule has 0 saturated carbocycles. The number of carbonyl (C=O) groups is 1. The summed E-state index contributed by atoms with van der Waals surface area (Å²) in [5.41, 5.74) is 1.44. The van der Waals surface area contributed by atoms with Crippen LogP contribution in [-0.2, 0) is 11.2 Å². The summed E-state index contributed by atoms with van der Waals surface area (Å²) in [6, 6.07) is 5.25. The molecule has 6 heteroatoms. The molecule has 3 nitrogen and oxygen atoms in total. The zero-order valence-corrected chi connectivity index (χ0v) is 10.8. The summed E-state index contributed by atoms with van der Waals surface area (Å²) in [4.78, 5) is 15.2. The zero-order chi connectivity index (χ0) is 14.5. The van der Waals surface area contributed by atoms with Crippen LogP contribution >= 0.6 is 0 Å². The molecule has 0 fully saturated rings. The van der Waals surface area contributed by atoms with Crippen molar-refractivity contribution in [1.29, 1.82) is 0 Å². The zero-order valence-electron chi connectivity index (χ0n) is 10.8. The van der Waals surface area contributed by atoms with Crippen molar-refractivity contribution in [3.63, 3.8) is 0 Å². The minimum absolute atomic E-state index is 0.0916. The Hall–Kier alpha value is -1.98. The van der Waals surface area contributed by atoms with E-state index in [4.69, 9.17) is 0 Å². The molecule has 0 bridgehead atoms. The minimum atomic E-state index is -4.48. The number of fused-ring (bicyclic) bond motifs is 3. The first-order chi connectivity index (χ1) is 9.39. The predicted molar refractivity (Wildman–Crippen MR) is 68.2 cm³/mol. The largest absolute Gasteiger partial charge is 0.414 e. The van der Waals surface area contributed by atoms with Crippen LogP contribution in [0.5, 0.6) is 0 Å². The third-order valence-corrected chi connectivity index (χ3v) is 3.75. The molecule has 2 aromatic rings. The van der Waals surface area contributed by atoms with Crippen molar-refractivity contribution in [2.24, 2.45) is 0 Å². The number of nitrogens with zero attached hydrogens (tertiary/aromatic N) is 1. The molecule has 106 valence electrons. The van der Waals surface area contributed by atoms with Gasteiger partial charge in [0.05, 0.1) is 5.69 Å². The van der Waals surface area contributed by atoms with Crippen LogP contribution in [0.3, 0.4) is 0 Å². The summed E-state index contributed by atoms with van der Waals surface area (Å²) in [6.45, 7) is 1.26. The van der Waals surface area contributed by atoms with Gasteiger partial charge in [-0.05, 0) is 18.1 Å². The first-order valence-electron chi connectivity index (χ1n) is 6.33. The molecular formula is C14H13F3N2O. The number of aromatic amines is 1. The van der Waals surface area contributed by atoms with Crippen LogP contribution in [-0.4, -0.2) is 28.5 Å². The molecule has 1 aromatic carbocycles.